The molecular weight excluding hydrogens is 236 g/mol. The van der Waals surface area contributed by atoms with Crippen molar-refractivity contribution in [2.75, 3.05) is 0 Å². The highest BCUT2D eigenvalue weighted by Crippen LogP contribution is 2.17. The highest BCUT2D eigenvalue weighted by atomic mass is 28.3. The average Bonchev–Trinajstić information content (AvgIpc) is 2.13. The van der Waals surface area contributed by atoms with Gasteiger partial charge in [0.2, 0.25) is 0 Å². The van der Waals surface area contributed by atoms with Crippen molar-refractivity contribution in [1.29, 1.82) is 0 Å². The molecule has 0 unspecified atom stereocenters. The molecular formula is C16H30OSi. The Labute approximate surface area is 114 Å². The molecule has 104 valence electrons. The molecule has 0 saturated carbocycles. The van der Waals surface area contributed by atoms with Gasteiger partial charge in [0.1, 0.15) is 5.78 Å². The first kappa shape index (κ1) is 17.4. The van der Waals surface area contributed by atoms with Gasteiger partial charge in [0.15, 0.2) is 0 Å². The molecule has 0 aromatic rings. The molecule has 0 fully saturated rings. The molecule has 0 aliphatic rings. The van der Waals surface area contributed by atoms with E-state index in [2.05, 4.69) is 45.6 Å². The molecule has 0 aromatic carbocycles. The fraction of sp³-hybridized carbons (Fsp3) is 0.688. The van der Waals surface area contributed by atoms with Crippen LogP contribution in [0.2, 0.25) is 25.7 Å². The predicted molar refractivity (Wildman–Crippen MR) is 84.8 cm³/mol. The Morgan fingerprint density at radius 2 is 1.39 bits per heavy atom. The van der Waals surface area contributed by atoms with Crippen LogP contribution >= 0.6 is 0 Å². The zero-order valence-corrected chi connectivity index (χ0v) is 14.1. The monoisotopic (exact) mass is 266 g/mol. The van der Waals surface area contributed by atoms with Gasteiger partial charge in [-0.05, 0) is 46.1 Å². The van der Waals surface area contributed by atoms with E-state index in [0.29, 0.717) is 6.42 Å². The highest BCUT2D eigenvalue weighted by Gasteiger charge is 2.12. The van der Waals surface area contributed by atoms with E-state index in [1.807, 2.05) is 0 Å². The maximum absolute atomic E-state index is 10.8. The molecule has 2 heteroatoms. The average molecular weight is 267 g/mol. The first-order chi connectivity index (χ1) is 8.20. The summed E-state index contributed by atoms with van der Waals surface area (Å²) in [6.07, 6.45) is 8.45. The zero-order chi connectivity index (χ0) is 14.2. The number of carbonyl (C=O) groups excluding carboxylic acids is 1. The number of ketones is 1. The molecule has 0 atom stereocenters. The lowest BCUT2D eigenvalue weighted by molar-refractivity contribution is -0.116. The number of hydrogen-bond acceptors (Lipinski definition) is 1. The molecule has 0 spiro atoms. The van der Waals surface area contributed by atoms with Crippen molar-refractivity contribution >= 4 is 13.9 Å². The largest absolute Gasteiger partial charge is 0.300 e. The predicted octanol–water partition coefficient (Wildman–Crippen LogP) is 5.37. The molecule has 0 bridgehead atoms. The summed E-state index contributed by atoms with van der Waals surface area (Å²) in [5.74, 6) is 0.282. The molecule has 0 radical (unpaired) electrons. The molecule has 0 aromatic heterocycles. The van der Waals surface area contributed by atoms with Crippen molar-refractivity contribution in [2.45, 2.75) is 72.1 Å². The molecule has 0 aliphatic heterocycles. The summed E-state index contributed by atoms with van der Waals surface area (Å²) in [6.45, 7) is 13.3. The Bertz CT molecular complexity index is 318. The second-order valence-electron chi connectivity index (χ2n) is 6.62. The van der Waals surface area contributed by atoms with E-state index in [9.17, 15) is 4.79 Å². The fourth-order valence-electron chi connectivity index (χ4n) is 2.08. The molecule has 1 nitrogen and oxygen atoms in total. The molecule has 0 rings (SSSR count). The summed E-state index contributed by atoms with van der Waals surface area (Å²) in [7, 11) is -0.951. The van der Waals surface area contributed by atoms with Gasteiger partial charge in [-0.2, -0.15) is 0 Å². The topological polar surface area (TPSA) is 17.1 Å². The van der Waals surface area contributed by atoms with Gasteiger partial charge < -0.3 is 4.79 Å². The summed E-state index contributed by atoms with van der Waals surface area (Å²) in [6, 6.07) is 1.31. The smallest absolute Gasteiger partial charge is 0.130 e. The molecule has 0 aliphatic carbocycles. The maximum Gasteiger partial charge on any atom is 0.130 e. The van der Waals surface area contributed by atoms with Gasteiger partial charge in [-0.1, -0.05) is 42.9 Å². The van der Waals surface area contributed by atoms with E-state index in [1.165, 1.54) is 11.6 Å². The summed E-state index contributed by atoms with van der Waals surface area (Å²) in [5.41, 5.74) is 2.96. The van der Waals surface area contributed by atoms with Crippen LogP contribution in [-0.4, -0.2) is 13.9 Å². The van der Waals surface area contributed by atoms with E-state index < -0.39 is 8.07 Å². The third-order valence-corrected chi connectivity index (χ3v) is 4.45. The van der Waals surface area contributed by atoms with E-state index in [1.54, 1.807) is 12.5 Å². The van der Waals surface area contributed by atoms with Crippen molar-refractivity contribution in [1.82, 2.24) is 0 Å². The van der Waals surface area contributed by atoms with Crippen LogP contribution in [0.25, 0.3) is 0 Å². The van der Waals surface area contributed by atoms with Crippen LogP contribution in [0.1, 0.15) is 46.5 Å². The standard InChI is InChI=1S/C16H30OSi/c1-14(10-8-12-16(3)17)9-7-11-15(2)13-18(4,5)6/h10-11H,7-9,12-13H2,1-6H3/b14-10+,15-11?. The maximum atomic E-state index is 10.8. The lowest BCUT2D eigenvalue weighted by atomic mass is 10.1. The SMILES string of the molecule is CC(=O)CC/C=C(\C)CCC=C(C)C[Si](C)(C)C. The van der Waals surface area contributed by atoms with E-state index in [0.717, 1.165) is 19.3 Å². The van der Waals surface area contributed by atoms with Crippen LogP contribution in [0.5, 0.6) is 0 Å². The third kappa shape index (κ3) is 11.8. The minimum Gasteiger partial charge on any atom is -0.300 e. The normalized spacial score (nSPS) is 13.9. The number of allylic oxidation sites excluding steroid dienone is 4. The molecule has 0 N–H and O–H groups in total. The third-order valence-electron chi connectivity index (χ3n) is 2.83. The van der Waals surface area contributed by atoms with Crippen LogP contribution in [-0.2, 0) is 4.79 Å². The van der Waals surface area contributed by atoms with E-state index in [-0.39, 0.29) is 5.78 Å². The molecule has 18 heavy (non-hydrogen) atoms. The first-order valence-corrected chi connectivity index (χ1v) is 10.7. The molecule has 0 saturated heterocycles. The fourth-order valence-corrected chi connectivity index (χ4v) is 3.90. The van der Waals surface area contributed by atoms with Gasteiger partial charge in [0.25, 0.3) is 0 Å². The van der Waals surface area contributed by atoms with Gasteiger partial charge in [-0.3, -0.25) is 0 Å². The Hall–Kier alpha value is -0.633. The number of carbonyl (C=O) groups is 1. The number of Topliss-reactive ketones (excluding diaryl/α,β-unsaturated/α-hetero) is 1. The van der Waals surface area contributed by atoms with Crippen molar-refractivity contribution in [3.8, 4) is 0 Å². The minimum absolute atomic E-state index is 0.282. The van der Waals surface area contributed by atoms with Gasteiger partial charge in [0, 0.05) is 14.5 Å². The summed E-state index contributed by atoms with van der Waals surface area (Å²) < 4.78 is 0. The quantitative estimate of drug-likeness (QED) is 0.426. The van der Waals surface area contributed by atoms with Crippen LogP contribution in [0.4, 0.5) is 0 Å². The Balaban J connectivity index is 3.95. The van der Waals surface area contributed by atoms with Gasteiger partial charge in [0.05, 0.1) is 0 Å². The number of hydrogen-bond donors (Lipinski definition) is 0. The molecule has 0 heterocycles. The zero-order valence-electron chi connectivity index (χ0n) is 13.1. The van der Waals surface area contributed by atoms with Gasteiger partial charge in [-0.15, -0.1) is 0 Å². The van der Waals surface area contributed by atoms with E-state index >= 15 is 0 Å². The lowest BCUT2D eigenvalue weighted by Crippen LogP contribution is -2.19. The van der Waals surface area contributed by atoms with Crippen LogP contribution in [0.15, 0.2) is 23.3 Å². The Morgan fingerprint density at radius 3 is 1.89 bits per heavy atom. The highest BCUT2D eigenvalue weighted by molar-refractivity contribution is 6.76. The van der Waals surface area contributed by atoms with Crippen molar-refractivity contribution in [2.24, 2.45) is 0 Å². The van der Waals surface area contributed by atoms with E-state index in [4.69, 9.17) is 0 Å². The second kappa shape index (κ2) is 8.47. The first-order valence-electron chi connectivity index (χ1n) is 7.01. The number of rotatable bonds is 8. The van der Waals surface area contributed by atoms with Crippen LogP contribution in [0, 0.1) is 0 Å². The summed E-state index contributed by atoms with van der Waals surface area (Å²) in [4.78, 5) is 10.8. The minimum atomic E-state index is -0.951. The van der Waals surface area contributed by atoms with Crippen LogP contribution < -0.4 is 0 Å². The van der Waals surface area contributed by atoms with Gasteiger partial charge in [-0.25, -0.2) is 0 Å². The summed E-state index contributed by atoms with van der Waals surface area (Å²) in [5, 5.41) is 0. The summed E-state index contributed by atoms with van der Waals surface area (Å²) >= 11 is 0. The second-order valence-corrected chi connectivity index (χ2v) is 12.1. The Morgan fingerprint density at radius 1 is 0.889 bits per heavy atom. The van der Waals surface area contributed by atoms with Gasteiger partial charge >= 0.3 is 0 Å². The van der Waals surface area contributed by atoms with Crippen molar-refractivity contribution < 1.29 is 4.79 Å². The Kier molecular flexibility index (Phi) is 8.17. The van der Waals surface area contributed by atoms with Crippen molar-refractivity contribution in [3.63, 3.8) is 0 Å². The van der Waals surface area contributed by atoms with Crippen LogP contribution in [0.3, 0.4) is 0 Å². The molecule has 0 amide bonds. The van der Waals surface area contributed by atoms with Crippen molar-refractivity contribution in [3.05, 3.63) is 23.3 Å². The lowest BCUT2D eigenvalue weighted by Gasteiger charge is -2.15.